The van der Waals surface area contributed by atoms with E-state index >= 15 is 0 Å². The van der Waals surface area contributed by atoms with Gasteiger partial charge in [0.2, 0.25) is 0 Å². The maximum Gasteiger partial charge on any atom is 0.344 e. The molecule has 23 heavy (non-hydrogen) atoms. The van der Waals surface area contributed by atoms with Gasteiger partial charge in [-0.05, 0) is 30.7 Å². The predicted molar refractivity (Wildman–Crippen MR) is 83.6 cm³/mol. The quantitative estimate of drug-likeness (QED) is 0.345. The first-order valence-electron chi connectivity index (χ1n) is 6.20. The molecule has 0 aliphatic rings. The molecule has 0 fully saturated rings. The number of hydrogen-bond acceptors (Lipinski definition) is 6. The van der Waals surface area contributed by atoms with E-state index in [4.69, 9.17) is 4.74 Å². The summed E-state index contributed by atoms with van der Waals surface area (Å²) in [6.07, 6.45) is 0. The van der Waals surface area contributed by atoms with E-state index in [1.807, 2.05) is 0 Å². The average Bonchev–Trinajstić information content (AvgIpc) is 2.50. The fraction of sp³-hybridized carbons (Fsp3) is 0.0714. The Bertz CT molecular complexity index is 789. The molecule has 8 nitrogen and oxygen atoms in total. The average molecular weight is 381 g/mol. The van der Waals surface area contributed by atoms with E-state index in [2.05, 4.69) is 15.9 Å². The van der Waals surface area contributed by atoms with Crippen molar-refractivity contribution in [1.29, 1.82) is 0 Å². The number of carbonyl (C=O) groups excluding carboxylic acids is 1. The van der Waals surface area contributed by atoms with E-state index < -0.39 is 27.2 Å². The van der Waals surface area contributed by atoms with E-state index in [0.717, 1.165) is 28.2 Å². The topological polar surface area (TPSA) is 113 Å². The summed E-state index contributed by atoms with van der Waals surface area (Å²) in [6, 6.07) is 7.44. The number of ether oxygens (including phenoxy) is 1. The van der Waals surface area contributed by atoms with Gasteiger partial charge in [-0.25, -0.2) is 4.79 Å². The van der Waals surface area contributed by atoms with Crippen LogP contribution < -0.4 is 4.74 Å². The summed E-state index contributed by atoms with van der Waals surface area (Å²) in [7, 11) is 0. The number of carbonyl (C=O) groups is 1. The second-order valence-electron chi connectivity index (χ2n) is 4.55. The lowest BCUT2D eigenvalue weighted by molar-refractivity contribution is -0.394. The summed E-state index contributed by atoms with van der Waals surface area (Å²) in [6.45, 7) is 1.79. The van der Waals surface area contributed by atoms with Crippen molar-refractivity contribution in [3.63, 3.8) is 0 Å². The van der Waals surface area contributed by atoms with Gasteiger partial charge in [0.15, 0.2) is 0 Å². The third kappa shape index (κ3) is 3.89. The fourth-order valence-electron chi connectivity index (χ4n) is 1.77. The summed E-state index contributed by atoms with van der Waals surface area (Å²) in [4.78, 5) is 32.1. The number of nitro benzene ring substituents is 2. The lowest BCUT2D eigenvalue weighted by atomic mass is 10.1. The number of aryl methyl sites for hydroxylation is 1. The Morgan fingerprint density at radius 3 is 2.09 bits per heavy atom. The zero-order valence-electron chi connectivity index (χ0n) is 11.7. The highest BCUT2D eigenvalue weighted by molar-refractivity contribution is 9.10. The number of rotatable bonds is 4. The zero-order chi connectivity index (χ0) is 17.1. The molecule has 0 N–H and O–H groups in total. The van der Waals surface area contributed by atoms with Gasteiger partial charge in [0.1, 0.15) is 5.75 Å². The van der Waals surface area contributed by atoms with Gasteiger partial charge in [-0.1, -0.05) is 15.9 Å². The maximum absolute atomic E-state index is 12.1. The van der Waals surface area contributed by atoms with Crippen molar-refractivity contribution >= 4 is 33.3 Å². The minimum Gasteiger partial charge on any atom is -0.423 e. The number of non-ortho nitro benzene ring substituents is 2. The van der Waals surface area contributed by atoms with Gasteiger partial charge in [-0.15, -0.1) is 0 Å². The molecule has 0 saturated carbocycles. The van der Waals surface area contributed by atoms with Crippen molar-refractivity contribution in [3.05, 3.63) is 72.2 Å². The molecule has 0 aromatic heterocycles. The summed E-state index contributed by atoms with van der Waals surface area (Å²) >= 11 is 3.30. The lowest BCUT2D eigenvalue weighted by Gasteiger charge is -2.06. The summed E-state index contributed by atoms with van der Waals surface area (Å²) in [5, 5.41) is 21.6. The second-order valence-corrected chi connectivity index (χ2v) is 5.41. The minimum absolute atomic E-state index is 0.227. The van der Waals surface area contributed by atoms with Crippen LogP contribution in [0.2, 0.25) is 0 Å². The summed E-state index contributed by atoms with van der Waals surface area (Å²) in [5.41, 5.74) is -0.567. The molecule has 0 amide bonds. The Morgan fingerprint density at radius 1 is 1.04 bits per heavy atom. The van der Waals surface area contributed by atoms with Crippen LogP contribution >= 0.6 is 15.9 Å². The fourth-order valence-corrected chi connectivity index (χ4v) is 2.02. The number of hydrogen-bond donors (Lipinski definition) is 0. The van der Waals surface area contributed by atoms with Crippen LogP contribution in [0.25, 0.3) is 0 Å². The van der Waals surface area contributed by atoms with Crippen LogP contribution in [0, 0.1) is 27.2 Å². The molecule has 118 valence electrons. The normalized spacial score (nSPS) is 10.2. The second kappa shape index (κ2) is 6.53. The van der Waals surface area contributed by atoms with Gasteiger partial charge in [0.05, 0.1) is 21.5 Å². The highest BCUT2D eigenvalue weighted by atomic mass is 79.9. The van der Waals surface area contributed by atoms with Crippen LogP contribution in [0.15, 0.2) is 40.9 Å². The highest BCUT2D eigenvalue weighted by Crippen LogP contribution is 2.25. The molecular formula is C14H9BrN2O6. The Labute approximate surface area is 138 Å². The van der Waals surface area contributed by atoms with Crippen LogP contribution in [0.3, 0.4) is 0 Å². The van der Waals surface area contributed by atoms with Gasteiger partial charge < -0.3 is 4.74 Å². The largest absolute Gasteiger partial charge is 0.423 e. The standard InChI is InChI=1S/C14H9BrN2O6/c1-8-4-12(2-3-13(8)15)23-14(18)9-5-10(16(19)20)7-11(6-9)17(21)22/h2-7H,1H3. The number of halogens is 1. The molecule has 0 atom stereocenters. The van der Waals surface area contributed by atoms with Crippen molar-refractivity contribution in [2.75, 3.05) is 0 Å². The van der Waals surface area contributed by atoms with Crippen molar-refractivity contribution in [1.82, 2.24) is 0 Å². The lowest BCUT2D eigenvalue weighted by Crippen LogP contribution is -2.09. The molecule has 0 aliphatic carbocycles. The van der Waals surface area contributed by atoms with Gasteiger partial charge in [-0.3, -0.25) is 20.2 Å². The monoisotopic (exact) mass is 380 g/mol. The van der Waals surface area contributed by atoms with Crippen LogP contribution in [-0.4, -0.2) is 15.8 Å². The van der Waals surface area contributed by atoms with E-state index in [1.165, 1.54) is 6.07 Å². The molecule has 0 unspecified atom stereocenters. The van der Waals surface area contributed by atoms with E-state index in [1.54, 1.807) is 19.1 Å². The molecule has 0 aliphatic heterocycles. The Kier molecular flexibility index (Phi) is 4.70. The van der Waals surface area contributed by atoms with Crippen LogP contribution in [0.4, 0.5) is 11.4 Å². The van der Waals surface area contributed by atoms with Crippen LogP contribution in [0.5, 0.6) is 5.75 Å². The van der Waals surface area contributed by atoms with Crippen LogP contribution in [-0.2, 0) is 0 Å². The number of nitrogens with zero attached hydrogens (tertiary/aromatic N) is 2. The molecule has 0 radical (unpaired) electrons. The smallest absolute Gasteiger partial charge is 0.344 e. The molecule has 0 heterocycles. The number of benzene rings is 2. The van der Waals surface area contributed by atoms with Crippen molar-refractivity contribution in [2.45, 2.75) is 6.92 Å². The van der Waals surface area contributed by atoms with Gasteiger partial charge in [0.25, 0.3) is 11.4 Å². The Hall–Kier alpha value is -2.81. The highest BCUT2D eigenvalue weighted by Gasteiger charge is 2.21. The van der Waals surface area contributed by atoms with Crippen molar-refractivity contribution < 1.29 is 19.4 Å². The molecule has 9 heteroatoms. The first kappa shape index (κ1) is 16.6. The zero-order valence-corrected chi connectivity index (χ0v) is 13.3. The van der Waals surface area contributed by atoms with Gasteiger partial charge >= 0.3 is 5.97 Å². The summed E-state index contributed by atoms with van der Waals surface area (Å²) in [5.74, 6) is -0.691. The van der Waals surface area contributed by atoms with Crippen molar-refractivity contribution in [3.8, 4) is 5.75 Å². The molecular weight excluding hydrogens is 372 g/mol. The number of esters is 1. The molecule has 0 saturated heterocycles. The van der Waals surface area contributed by atoms with E-state index in [-0.39, 0.29) is 11.3 Å². The molecule has 0 spiro atoms. The molecule has 2 aromatic carbocycles. The van der Waals surface area contributed by atoms with E-state index in [9.17, 15) is 25.0 Å². The SMILES string of the molecule is Cc1cc(OC(=O)c2cc([N+](=O)[O-])cc([N+](=O)[O-])c2)ccc1Br. The third-order valence-corrected chi connectivity index (χ3v) is 3.79. The molecule has 0 bridgehead atoms. The van der Waals surface area contributed by atoms with Crippen LogP contribution in [0.1, 0.15) is 15.9 Å². The maximum atomic E-state index is 12.1. The van der Waals surface area contributed by atoms with E-state index in [0.29, 0.717) is 0 Å². The Morgan fingerprint density at radius 2 is 1.61 bits per heavy atom. The minimum atomic E-state index is -0.918. The van der Waals surface area contributed by atoms with Crippen molar-refractivity contribution in [2.24, 2.45) is 0 Å². The third-order valence-electron chi connectivity index (χ3n) is 2.90. The number of nitro groups is 2. The van der Waals surface area contributed by atoms with Gasteiger partial charge in [-0.2, -0.15) is 0 Å². The molecule has 2 rings (SSSR count). The first-order chi connectivity index (χ1) is 10.8. The summed E-state index contributed by atoms with van der Waals surface area (Å²) < 4.78 is 5.92. The van der Waals surface area contributed by atoms with Gasteiger partial charge in [0, 0.05) is 16.6 Å². The predicted octanol–water partition coefficient (Wildman–Crippen LogP) is 3.79. The Balaban J connectivity index is 2.36. The first-order valence-corrected chi connectivity index (χ1v) is 6.99. The molecule has 2 aromatic rings.